The van der Waals surface area contributed by atoms with Gasteiger partial charge in [-0.1, -0.05) is 17.4 Å². The number of hydrogen-bond donors (Lipinski definition) is 3. The van der Waals surface area contributed by atoms with Crippen LogP contribution in [0, 0.1) is 18.7 Å². The fraction of sp³-hybridized carbons (Fsp3) is 0.273. The maximum Gasteiger partial charge on any atom is 0.267 e. The van der Waals surface area contributed by atoms with Crippen molar-refractivity contribution in [2.45, 2.75) is 26.4 Å². The average molecular weight is 456 g/mol. The molecule has 3 aromatic rings. The first-order valence-electron chi connectivity index (χ1n) is 10.1. The number of anilines is 3. The molecule has 1 aliphatic rings. The lowest BCUT2D eigenvalue weighted by molar-refractivity contribution is 0.101. The van der Waals surface area contributed by atoms with Crippen LogP contribution in [-0.2, 0) is 11.3 Å². The Morgan fingerprint density at radius 3 is 2.66 bits per heavy atom. The number of aromatic nitrogens is 2. The van der Waals surface area contributed by atoms with Crippen molar-refractivity contribution >= 4 is 39.8 Å². The molecule has 166 valence electrons. The van der Waals surface area contributed by atoms with Gasteiger partial charge in [0.15, 0.2) is 5.13 Å². The number of thiazole rings is 1. The Hall–Kier alpha value is -3.37. The van der Waals surface area contributed by atoms with Gasteiger partial charge in [-0.25, -0.2) is 14.4 Å². The number of carbonyl (C=O) groups is 2. The second-order valence-electron chi connectivity index (χ2n) is 7.63. The van der Waals surface area contributed by atoms with Gasteiger partial charge in [0, 0.05) is 18.5 Å². The monoisotopic (exact) mass is 455 g/mol. The van der Waals surface area contributed by atoms with Crippen LogP contribution in [-0.4, -0.2) is 28.4 Å². The highest BCUT2D eigenvalue weighted by molar-refractivity contribution is 7.17. The predicted molar refractivity (Wildman–Crippen MR) is 120 cm³/mol. The molecular weight excluding hydrogens is 433 g/mol. The molecule has 0 unspecified atom stereocenters. The summed E-state index contributed by atoms with van der Waals surface area (Å²) in [5, 5.41) is 5.51. The molecule has 0 aliphatic heterocycles. The van der Waals surface area contributed by atoms with E-state index in [9.17, 15) is 14.0 Å². The van der Waals surface area contributed by atoms with Gasteiger partial charge in [-0.05, 0) is 55.0 Å². The summed E-state index contributed by atoms with van der Waals surface area (Å²) in [6.45, 7) is 2.84. The number of nitrogens with zero attached hydrogens (tertiary/aromatic N) is 2. The normalized spacial score (nSPS) is 13.1. The summed E-state index contributed by atoms with van der Waals surface area (Å²) in [5.74, 6) is -0.857. The lowest BCUT2D eigenvalue weighted by Crippen LogP contribution is -2.17. The van der Waals surface area contributed by atoms with Crippen molar-refractivity contribution in [3.8, 4) is 0 Å². The summed E-state index contributed by atoms with van der Waals surface area (Å²) in [4.78, 5) is 33.4. The predicted octanol–water partition coefficient (Wildman–Crippen LogP) is 4.00. The van der Waals surface area contributed by atoms with Gasteiger partial charge in [0.05, 0.1) is 18.4 Å². The first-order chi connectivity index (χ1) is 15.4. The van der Waals surface area contributed by atoms with Crippen molar-refractivity contribution in [2.24, 2.45) is 5.92 Å². The number of ether oxygens (including phenoxy) is 1. The highest BCUT2D eigenvalue weighted by Gasteiger charge is 2.21. The van der Waals surface area contributed by atoms with Gasteiger partial charge in [-0.2, -0.15) is 0 Å². The van der Waals surface area contributed by atoms with Crippen LogP contribution in [0.3, 0.4) is 0 Å². The second kappa shape index (κ2) is 9.41. The topological polar surface area (TPSA) is 119 Å². The lowest BCUT2D eigenvalue weighted by atomic mass is 10.1. The number of nitrogens with two attached hydrogens (primary N) is 1. The van der Waals surface area contributed by atoms with E-state index in [1.807, 2.05) is 0 Å². The van der Waals surface area contributed by atoms with Crippen LogP contribution in [0.5, 0.6) is 0 Å². The van der Waals surface area contributed by atoms with E-state index in [4.69, 9.17) is 10.5 Å². The van der Waals surface area contributed by atoms with Gasteiger partial charge in [0.1, 0.15) is 16.5 Å². The van der Waals surface area contributed by atoms with Gasteiger partial charge >= 0.3 is 0 Å². The first-order valence-corrected chi connectivity index (χ1v) is 10.9. The van der Waals surface area contributed by atoms with E-state index in [-0.39, 0.29) is 16.5 Å². The second-order valence-corrected chi connectivity index (χ2v) is 8.69. The zero-order chi connectivity index (χ0) is 22.7. The third-order valence-corrected chi connectivity index (χ3v) is 5.77. The molecule has 4 N–H and O–H groups in total. The van der Waals surface area contributed by atoms with E-state index < -0.39 is 17.6 Å². The number of halogens is 1. The number of rotatable bonds is 8. The zero-order valence-electron chi connectivity index (χ0n) is 17.4. The van der Waals surface area contributed by atoms with Crippen LogP contribution in [0.25, 0.3) is 0 Å². The van der Waals surface area contributed by atoms with E-state index in [1.165, 1.54) is 31.2 Å². The molecule has 0 bridgehead atoms. The number of benzene rings is 1. The number of carbonyl (C=O) groups excluding carboxylic acids is 2. The van der Waals surface area contributed by atoms with Crippen molar-refractivity contribution in [3.63, 3.8) is 0 Å². The maximum atomic E-state index is 14.5. The number of nitrogen functional groups attached to an aromatic ring is 1. The summed E-state index contributed by atoms with van der Waals surface area (Å²) in [7, 11) is 0. The maximum absolute atomic E-state index is 14.5. The van der Waals surface area contributed by atoms with Crippen molar-refractivity contribution in [2.75, 3.05) is 23.0 Å². The van der Waals surface area contributed by atoms with Gasteiger partial charge in [-0.3, -0.25) is 9.59 Å². The fourth-order valence-electron chi connectivity index (χ4n) is 2.95. The Labute approximate surface area is 188 Å². The molecule has 0 radical (unpaired) electrons. The van der Waals surface area contributed by atoms with Crippen molar-refractivity contribution in [1.82, 2.24) is 9.97 Å². The van der Waals surface area contributed by atoms with E-state index in [2.05, 4.69) is 20.6 Å². The molecule has 2 amide bonds. The molecule has 2 heterocycles. The minimum atomic E-state index is -0.704. The van der Waals surface area contributed by atoms with E-state index in [1.54, 1.807) is 25.3 Å². The number of amides is 2. The summed E-state index contributed by atoms with van der Waals surface area (Å²) in [6.07, 6.45) is 5.42. The molecule has 32 heavy (non-hydrogen) atoms. The van der Waals surface area contributed by atoms with Crippen molar-refractivity contribution in [1.29, 1.82) is 0 Å². The minimum Gasteiger partial charge on any atom is -0.376 e. The number of hydrogen-bond acceptors (Lipinski definition) is 7. The quantitative estimate of drug-likeness (QED) is 0.472. The van der Waals surface area contributed by atoms with Gasteiger partial charge in [0.25, 0.3) is 11.8 Å². The third kappa shape index (κ3) is 5.45. The van der Waals surface area contributed by atoms with Crippen LogP contribution in [0.1, 0.15) is 44.0 Å². The molecule has 8 nitrogen and oxygen atoms in total. The Balaban J connectivity index is 1.42. The Morgan fingerprint density at radius 1 is 1.19 bits per heavy atom. The largest absolute Gasteiger partial charge is 0.376 e. The van der Waals surface area contributed by atoms with Crippen LogP contribution in [0.15, 0.2) is 36.7 Å². The highest BCUT2D eigenvalue weighted by Crippen LogP contribution is 2.29. The van der Waals surface area contributed by atoms with E-state index in [0.29, 0.717) is 28.7 Å². The van der Waals surface area contributed by atoms with Gasteiger partial charge < -0.3 is 21.1 Å². The molecule has 4 rings (SSSR count). The van der Waals surface area contributed by atoms with Crippen LogP contribution >= 0.6 is 11.3 Å². The van der Waals surface area contributed by atoms with E-state index >= 15 is 0 Å². The minimum absolute atomic E-state index is 0.214. The molecule has 1 saturated carbocycles. The summed E-state index contributed by atoms with van der Waals surface area (Å²) in [5.41, 5.74) is 7.01. The fourth-order valence-corrected chi connectivity index (χ4v) is 3.53. The Kier molecular flexibility index (Phi) is 6.42. The average Bonchev–Trinajstić information content (AvgIpc) is 3.48. The molecule has 0 saturated heterocycles. The Morgan fingerprint density at radius 2 is 2.00 bits per heavy atom. The number of aryl methyl sites for hydroxylation is 1. The number of nitrogens with one attached hydrogen (secondary N) is 2. The van der Waals surface area contributed by atoms with Crippen LogP contribution in [0.2, 0.25) is 0 Å². The first kappa shape index (κ1) is 21.8. The third-order valence-electron chi connectivity index (χ3n) is 4.94. The molecule has 0 spiro atoms. The Bertz CT molecular complexity index is 1140. The lowest BCUT2D eigenvalue weighted by Gasteiger charge is -2.12. The van der Waals surface area contributed by atoms with Crippen molar-refractivity contribution < 1.29 is 18.7 Å². The summed E-state index contributed by atoms with van der Waals surface area (Å²) < 4.78 is 20.1. The van der Waals surface area contributed by atoms with Gasteiger partial charge in [0.2, 0.25) is 0 Å². The molecule has 0 atom stereocenters. The molecule has 2 aromatic heterocycles. The standard InChI is InChI=1S/C22H22FN5O3S/c1-12-6-16(23)15(7-17(12)27-21(30)18-9-26-22(24)32-18)20(29)28-19-5-4-14(8-25-19)11-31-10-13-2-3-13/h4-9,13H,2-3,10-11H2,1H3,(H2,24,26)(H,27,30)(H,25,28,29). The zero-order valence-corrected chi connectivity index (χ0v) is 18.2. The molecule has 1 aliphatic carbocycles. The van der Waals surface area contributed by atoms with Crippen molar-refractivity contribution in [3.05, 3.63) is 64.0 Å². The van der Waals surface area contributed by atoms with E-state index in [0.717, 1.165) is 23.5 Å². The molecule has 1 fully saturated rings. The molecule has 10 heteroatoms. The number of pyridine rings is 1. The molecule has 1 aromatic carbocycles. The SMILES string of the molecule is Cc1cc(F)c(C(=O)Nc2ccc(COCC3CC3)cn2)cc1NC(=O)c1cnc(N)s1. The smallest absolute Gasteiger partial charge is 0.267 e. The highest BCUT2D eigenvalue weighted by atomic mass is 32.1. The molecular formula is C22H22FN5O3S. The van der Waals surface area contributed by atoms with Gasteiger partial charge in [-0.15, -0.1) is 0 Å². The summed E-state index contributed by atoms with van der Waals surface area (Å²) in [6, 6.07) is 5.92. The van der Waals surface area contributed by atoms with Crippen LogP contribution in [0.4, 0.5) is 21.0 Å². The van der Waals surface area contributed by atoms with Crippen LogP contribution < -0.4 is 16.4 Å². The summed E-state index contributed by atoms with van der Waals surface area (Å²) >= 11 is 1.03.